The maximum absolute atomic E-state index is 11.6. The third kappa shape index (κ3) is 3.15. The van der Waals surface area contributed by atoms with Crippen LogP contribution in [0.3, 0.4) is 0 Å². The van der Waals surface area contributed by atoms with Gasteiger partial charge in [0, 0.05) is 5.92 Å². The van der Waals surface area contributed by atoms with Crippen molar-refractivity contribution in [3.63, 3.8) is 0 Å². The monoisotopic (exact) mass is 211 g/mol. The fourth-order valence-electron chi connectivity index (χ4n) is 1.57. The number of carbonyl (C=O) groups is 3. The summed E-state index contributed by atoms with van der Waals surface area (Å²) in [6.07, 6.45) is 2.14. The van der Waals surface area contributed by atoms with Crippen LogP contribution in [0.5, 0.6) is 0 Å². The Balaban J connectivity index is 2.53. The van der Waals surface area contributed by atoms with E-state index in [-0.39, 0.29) is 23.4 Å². The molecule has 4 heteroatoms. The van der Waals surface area contributed by atoms with Gasteiger partial charge >= 0.3 is 0 Å². The fourth-order valence-corrected chi connectivity index (χ4v) is 1.57. The largest absolute Gasteiger partial charge is 0.340 e. The molecule has 1 atom stereocenters. The van der Waals surface area contributed by atoms with Crippen molar-refractivity contribution >= 4 is 17.5 Å². The van der Waals surface area contributed by atoms with Crippen molar-refractivity contribution in [2.24, 2.45) is 11.8 Å². The SMILES string of the molecule is CC(=O)C(NC(=O)C(C)C1CC1)C(C)=O. The molecule has 1 saturated carbocycles. The summed E-state index contributed by atoms with van der Waals surface area (Å²) in [6.45, 7) is 4.46. The van der Waals surface area contributed by atoms with Crippen molar-refractivity contribution in [1.29, 1.82) is 0 Å². The second-order valence-electron chi connectivity index (χ2n) is 4.29. The minimum atomic E-state index is -0.960. The molecule has 0 aromatic rings. The van der Waals surface area contributed by atoms with E-state index in [1.54, 1.807) is 0 Å². The van der Waals surface area contributed by atoms with Gasteiger partial charge in [-0.05, 0) is 32.6 Å². The maximum atomic E-state index is 11.6. The zero-order valence-corrected chi connectivity index (χ0v) is 9.37. The first-order valence-electron chi connectivity index (χ1n) is 5.24. The molecule has 15 heavy (non-hydrogen) atoms. The van der Waals surface area contributed by atoms with Gasteiger partial charge in [0.1, 0.15) is 6.04 Å². The molecule has 0 aromatic heterocycles. The van der Waals surface area contributed by atoms with Gasteiger partial charge in [0.2, 0.25) is 5.91 Å². The Morgan fingerprint density at radius 3 is 1.93 bits per heavy atom. The van der Waals surface area contributed by atoms with Crippen LogP contribution in [0.15, 0.2) is 0 Å². The molecular weight excluding hydrogens is 194 g/mol. The van der Waals surface area contributed by atoms with E-state index in [0.29, 0.717) is 5.92 Å². The van der Waals surface area contributed by atoms with Gasteiger partial charge < -0.3 is 5.32 Å². The van der Waals surface area contributed by atoms with E-state index in [1.807, 2.05) is 6.92 Å². The highest BCUT2D eigenvalue weighted by atomic mass is 16.2. The Labute approximate surface area is 89.4 Å². The van der Waals surface area contributed by atoms with E-state index in [0.717, 1.165) is 12.8 Å². The zero-order chi connectivity index (χ0) is 11.6. The lowest BCUT2D eigenvalue weighted by molar-refractivity contribution is -0.134. The topological polar surface area (TPSA) is 63.2 Å². The predicted octanol–water partition coefficient (Wildman–Crippen LogP) is 0.695. The minimum absolute atomic E-state index is 0.0915. The average molecular weight is 211 g/mol. The molecule has 1 unspecified atom stereocenters. The van der Waals surface area contributed by atoms with E-state index in [9.17, 15) is 14.4 Å². The van der Waals surface area contributed by atoms with Crippen LogP contribution in [0.1, 0.15) is 33.6 Å². The molecule has 0 radical (unpaired) electrons. The fraction of sp³-hybridized carbons (Fsp3) is 0.727. The lowest BCUT2D eigenvalue weighted by Gasteiger charge is -2.16. The van der Waals surface area contributed by atoms with Gasteiger partial charge in [-0.1, -0.05) is 6.92 Å². The van der Waals surface area contributed by atoms with Crippen molar-refractivity contribution in [2.45, 2.75) is 39.7 Å². The smallest absolute Gasteiger partial charge is 0.224 e. The maximum Gasteiger partial charge on any atom is 0.224 e. The Morgan fingerprint density at radius 1 is 1.13 bits per heavy atom. The molecule has 84 valence electrons. The number of hydrogen-bond acceptors (Lipinski definition) is 3. The molecule has 1 fully saturated rings. The molecule has 0 heterocycles. The summed E-state index contributed by atoms with van der Waals surface area (Å²) in [7, 11) is 0. The average Bonchev–Trinajstić information content (AvgIpc) is 2.94. The summed E-state index contributed by atoms with van der Waals surface area (Å²) in [6, 6.07) is -0.960. The molecule has 0 saturated heterocycles. The number of Topliss-reactive ketones (excluding diaryl/α,β-unsaturated/α-hetero) is 2. The van der Waals surface area contributed by atoms with Crippen LogP contribution in [0.2, 0.25) is 0 Å². The second kappa shape index (κ2) is 4.55. The van der Waals surface area contributed by atoms with Gasteiger partial charge in [0.15, 0.2) is 11.6 Å². The third-order valence-corrected chi connectivity index (χ3v) is 2.84. The molecule has 1 rings (SSSR count). The summed E-state index contributed by atoms with van der Waals surface area (Å²) in [5.41, 5.74) is 0. The van der Waals surface area contributed by atoms with Gasteiger partial charge in [-0.3, -0.25) is 14.4 Å². The van der Waals surface area contributed by atoms with Crippen molar-refractivity contribution < 1.29 is 14.4 Å². The van der Waals surface area contributed by atoms with Crippen LogP contribution >= 0.6 is 0 Å². The van der Waals surface area contributed by atoms with Crippen LogP contribution in [0, 0.1) is 11.8 Å². The lowest BCUT2D eigenvalue weighted by atomic mass is 10.0. The number of amides is 1. The van der Waals surface area contributed by atoms with Gasteiger partial charge in [0.25, 0.3) is 0 Å². The van der Waals surface area contributed by atoms with Crippen LogP contribution in [-0.2, 0) is 14.4 Å². The standard InChI is InChI=1S/C11H17NO3/c1-6(9-4-5-9)11(15)12-10(7(2)13)8(3)14/h6,9-10H,4-5H2,1-3H3,(H,12,15). The zero-order valence-electron chi connectivity index (χ0n) is 9.37. The highest BCUT2D eigenvalue weighted by Crippen LogP contribution is 2.36. The highest BCUT2D eigenvalue weighted by molar-refractivity contribution is 6.06. The summed E-state index contributed by atoms with van der Waals surface area (Å²) < 4.78 is 0. The number of hydrogen-bond donors (Lipinski definition) is 1. The van der Waals surface area contributed by atoms with Crippen LogP contribution in [0.4, 0.5) is 0 Å². The summed E-state index contributed by atoms with van der Waals surface area (Å²) in [5.74, 6) is -0.457. The molecule has 1 aliphatic rings. The Kier molecular flexibility index (Phi) is 3.61. The highest BCUT2D eigenvalue weighted by Gasteiger charge is 2.34. The van der Waals surface area contributed by atoms with Gasteiger partial charge in [0.05, 0.1) is 0 Å². The molecule has 0 bridgehead atoms. The molecule has 0 aromatic carbocycles. The first-order valence-corrected chi connectivity index (χ1v) is 5.24. The molecule has 4 nitrogen and oxygen atoms in total. The van der Waals surface area contributed by atoms with Gasteiger partial charge in [-0.2, -0.15) is 0 Å². The molecule has 0 aliphatic heterocycles. The third-order valence-electron chi connectivity index (χ3n) is 2.84. The molecule has 1 amide bonds. The summed E-state index contributed by atoms with van der Waals surface area (Å²) in [4.78, 5) is 33.8. The number of carbonyl (C=O) groups excluding carboxylic acids is 3. The van der Waals surface area contributed by atoms with E-state index in [1.165, 1.54) is 13.8 Å². The summed E-state index contributed by atoms with van der Waals surface area (Å²) in [5, 5.41) is 2.50. The minimum Gasteiger partial charge on any atom is -0.340 e. The number of rotatable bonds is 5. The summed E-state index contributed by atoms with van der Waals surface area (Å²) >= 11 is 0. The quantitative estimate of drug-likeness (QED) is 0.681. The van der Waals surface area contributed by atoms with Gasteiger partial charge in [-0.25, -0.2) is 0 Å². The van der Waals surface area contributed by atoms with Crippen molar-refractivity contribution in [3.8, 4) is 0 Å². The number of ketones is 2. The van der Waals surface area contributed by atoms with Crippen LogP contribution < -0.4 is 5.32 Å². The second-order valence-corrected chi connectivity index (χ2v) is 4.29. The Bertz CT molecular complexity index is 280. The van der Waals surface area contributed by atoms with Crippen LogP contribution in [-0.4, -0.2) is 23.5 Å². The van der Waals surface area contributed by atoms with Crippen molar-refractivity contribution in [3.05, 3.63) is 0 Å². The van der Waals surface area contributed by atoms with Gasteiger partial charge in [-0.15, -0.1) is 0 Å². The Morgan fingerprint density at radius 2 is 1.60 bits per heavy atom. The Hall–Kier alpha value is -1.19. The normalized spacial score (nSPS) is 17.3. The molecule has 0 spiro atoms. The molecule has 1 N–H and O–H groups in total. The van der Waals surface area contributed by atoms with E-state index in [2.05, 4.69) is 5.32 Å². The molecular formula is C11H17NO3. The first-order chi connectivity index (χ1) is 6.93. The first kappa shape index (κ1) is 11.9. The van der Waals surface area contributed by atoms with Crippen molar-refractivity contribution in [2.75, 3.05) is 0 Å². The van der Waals surface area contributed by atoms with E-state index in [4.69, 9.17) is 0 Å². The van der Waals surface area contributed by atoms with E-state index >= 15 is 0 Å². The van der Waals surface area contributed by atoms with Crippen LogP contribution in [0.25, 0.3) is 0 Å². The molecule has 1 aliphatic carbocycles. The lowest BCUT2D eigenvalue weighted by Crippen LogP contribution is -2.46. The predicted molar refractivity (Wildman–Crippen MR) is 55.2 cm³/mol. The van der Waals surface area contributed by atoms with E-state index < -0.39 is 6.04 Å². The number of nitrogens with one attached hydrogen (secondary N) is 1. The van der Waals surface area contributed by atoms with Crippen molar-refractivity contribution in [1.82, 2.24) is 5.32 Å².